The van der Waals surface area contributed by atoms with Gasteiger partial charge in [0, 0.05) is 17.9 Å². The van der Waals surface area contributed by atoms with Gasteiger partial charge in [-0.1, -0.05) is 79.4 Å². The molecule has 5 saturated carbocycles. The van der Waals surface area contributed by atoms with Crippen molar-refractivity contribution >= 4 is 11.7 Å². The summed E-state index contributed by atoms with van der Waals surface area (Å²) in [6.07, 6.45) is 19.7. The Morgan fingerprint density at radius 2 is 1.51 bits per heavy atom. The first kappa shape index (κ1) is 28.0. The van der Waals surface area contributed by atoms with Crippen LogP contribution in [0.2, 0.25) is 0 Å². The van der Waals surface area contributed by atoms with Crippen LogP contribution in [0.15, 0.2) is 11.6 Å². The van der Waals surface area contributed by atoms with Crippen molar-refractivity contribution in [1.29, 1.82) is 0 Å². The van der Waals surface area contributed by atoms with E-state index in [9.17, 15) is 9.59 Å². The number of ketones is 1. The monoisotopic (exact) mass is 535 g/mol. The number of rotatable bonds is 2. The Morgan fingerprint density at radius 1 is 0.821 bits per heavy atom. The number of nitrogens with one attached hydrogen (secondary N) is 1. The smallest absolute Gasteiger partial charge is 0.227 e. The summed E-state index contributed by atoms with van der Waals surface area (Å²) in [5, 5.41) is 3.64. The molecule has 0 aromatic carbocycles. The van der Waals surface area contributed by atoms with Crippen LogP contribution in [0.3, 0.4) is 0 Å². The summed E-state index contributed by atoms with van der Waals surface area (Å²) in [7, 11) is 0. The number of carbonyl (C=O) groups is 2. The highest BCUT2D eigenvalue weighted by molar-refractivity contribution is 5.86. The molecule has 0 bridgehead atoms. The highest BCUT2D eigenvalue weighted by atomic mass is 16.2. The van der Waals surface area contributed by atoms with Gasteiger partial charge in [0.05, 0.1) is 5.41 Å². The van der Waals surface area contributed by atoms with Crippen molar-refractivity contribution in [2.75, 3.05) is 0 Å². The van der Waals surface area contributed by atoms with Crippen LogP contribution >= 0.6 is 0 Å². The zero-order valence-corrected chi connectivity index (χ0v) is 26.3. The molecule has 5 fully saturated rings. The molecule has 0 saturated heterocycles. The predicted octanol–water partition coefficient (Wildman–Crippen LogP) is 8.81. The van der Waals surface area contributed by atoms with E-state index in [4.69, 9.17) is 0 Å². The van der Waals surface area contributed by atoms with Crippen LogP contribution in [-0.4, -0.2) is 17.7 Å². The van der Waals surface area contributed by atoms with Crippen LogP contribution in [0, 0.1) is 50.2 Å². The maximum absolute atomic E-state index is 14.3. The molecule has 7 atom stereocenters. The highest BCUT2D eigenvalue weighted by Gasteiger charge is 2.69. The second-order valence-electron chi connectivity index (χ2n) is 17.3. The summed E-state index contributed by atoms with van der Waals surface area (Å²) in [5.41, 5.74) is 2.11. The fourth-order valence-corrected chi connectivity index (χ4v) is 12.0. The van der Waals surface area contributed by atoms with Gasteiger partial charge in [0.15, 0.2) is 0 Å². The van der Waals surface area contributed by atoms with Crippen LogP contribution in [0.4, 0.5) is 0 Å². The molecule has 218 valence electrons. The summed E-state index contributed by atoms with van der Waals surface area (Å²) in [6, 6.07) is 0.388. The van der Waals surface area contributed by atoms with Crippen LogP contribution in [0.25, 0.3) is 0 Å². The minimum Gasteiger partial charge on any atom is -0.353 e. The van der Waals surface area contributed by atoms with Gasteiger partial charge in [-0.2, -0.15) is 0 Å². The van der Waals surface area contributed by atoms with Crippen LogP contribution < -0.4 is 5.32 Å². The SMILES string of the molecule is CC1(C)CC[C@]2(C(=O)NC3CCCCC3)CC[C@]3(C)C(=CC[C@@H]4[C@@]5(C)CCC(=O)C(C)(C)[C@@H]5CC[C@]43C)[C@@H]2C1. The number of fused-ring (bicyclic) bond motifs is 7. The van der Waals surface area contributed by atoms with Crippen LogP contribution in [0.5, 0.6) is 0 Å². The average molecular weight is 536 g/mol. The van der Waals surface area contributed by atoms with Gasteiger partial charge in [-0.25, -0.2) is 0 Å². The normalized spacial score (nSPS) is 47.1. The van der Waals surface area contributed by atoms with Crippen molar-refractivity contribution in [2.45, 2.75) is 151 Å². The standard InChI is InChI=1S/C36H57NO2/c1-31(2)19-21-36(30(39)37-24-11-9-8-10-12-24)22-20-34(6)25(26(36)23-31)13-14-28-33(5)17-16-29(38)32(3,4)27(33)15-18-35(28,34)7/h13,24,26-28H,8-12,14-23H2,1-7H3,(H,37,39)/t26-,27-,28+,33-,34+,35+,36-/m0/s1. The molecule has 6 aliphatic carbocycles. The Morgan fingerprint density at radius 3 is 2.23 bits per heavy atom. The first-order valence-corrected chi connectivity index (χ1v) is 16.7. The summed E-state index contributed by atoms with van der Waals surface area (Å²) < 4.78 is 0. The van der Waals surface area contributed by atoms with Crippen molar-refractivity contribution in [1.82, 2.24) is 5.32 Å². The van der Waals surface area contributed by atoms with Gasteiger partial charge in [-0.05, 0) is 110 Å². The lowest BCUT2D eigenvalue weighted by atomic mass is 9.33. The van der Waals surface area contributed by atoms with E-state index < -0.39 is 0 Å². The lowest BCUT2D eigenvalue weighted by Crippen LogP contribution is -2.65. The zero-order chi connectivity index (χ0) is 28.1. The number of hydrogen-bond acceptors (Lipinski definition) is 2. The molecule has 39 heavy (non-hydrogen) atoms. The Hall–Kier alpha value is -1.12. The number of amides is 1. The molecule has 0 aromatic heterocycles. The molecule has 0 heterocycles. The third-order valence-corrected chi connectivity index (χ3v) is 14.8. The van der Waals surface area contributed by atoms with Gasteiger partial charge in [0.1, 0.15) is 5.78 Å². The number of allylic oxidation sites excluding steroid dienone is 2. The van der Waals surface area contributed by atoms with Gasteiger partial charge in [0.2, 0.25) is 5.91 Å². The fraction of sp³-hybridized carbons (Fsp3) is 0.889. The van der Waals surface area contributed by atoms with E-state index in [1.807, 2.05) is 0 Å². The van der Waals surface area contributed by atoms with Crippen LogP contribution in [-0.2, 0) is 9.59 Å². The number of carbonyl (C=O) groups excluding carboxylic acids is 2. The van der Waals surface area contributed by atoms with E-state index in [2.05, 4.69) is 59.9 Å². The third-order valence-electron chi connectivity index (χ3n) is 14.8. The molecule has 1 amide bonds. The second kappa shape index (κ2) is 8.94. The molecular weight excluding hydrogens is 478 g/mol. The van der Waals surface area contributed by atoms with E-state index in [0.717, 1.165) is 64.2 Å². The van der Waals surface area contributed by atoms with Crippen LogP contribution in [0.1, 0.15) is 145 Å². The molecule has 0 aliphatic heterocycles. The molecule has 6 aliphatic rings. The van der Waals surface area contributed by atoms with E-state index in [-0.39, 0.29) is 32.5 Å². The summed E-state index contributed by atoms with van der Waals surface area (Å²) in [4.78, 5) is 27.4. The second-order valence-corrected chi connectivity index (χ2v) is 17.3. The summed E-state index contributed by atoms with van der Waals surface area (Å²) >= 11 is 0. The summed E-state index contributed by atoms with van der Waals surface area (Å²) in [5.74, 6) is 2.36. The van der Waals surface area contributed by atoms with Crippen molar-refractivity contribution in [3.63, 3.8) is 0 Å². The largest absolute Gasteiger partial charge is 0.353 e. The van der Waals surface area contributed by atoms with Gasteiger partial charge in [-0.3, -0.25) is 9.59 Å². The minimum atomic E-state index is -0.220. The lowest BCUT2D eigenvalue weighted by molar-refractivity contribution is -0.186. The Bertz CT molecular complexity index is 1060. The topological polar surface area (TPSA) is 46.2 Å². The minimum absolute atomic E-state index is 0.141. The predicted molar refractivity (Wildman–Crippen MR) is 159 cm³/mol. The third kappa shape index (κ3) is 3.86. The molecule has 1 N–H and O–H groups in total. The number of hydrogen-bond donors (Lipinski definition) is 1. The fourth-order valence-electron chi connectivity index (χ4n) is 12.0. The highest BCUT2D eigenvalue weighted by Crippen LogP contribution is 2.75. The molecule has 0 spiro atoms. The Balaban J connectivity index is 1.38. The zero-order valence-electron chi connectivity index (χ0n) is 26.3. The molecule has 0 radical (unpaired) electrons. The van der Waals surface area contributed by atoms with E-state index in [0.29, 0.717) is 35.5 Å². The average Bonchev–Trinajstić information content (AvgIpc) is 2.87. The molecule has 3 nitrogen and oxygen atoms in total. The molecule has 0 unspecified atom stereocenters. The first-order chi connectivity index (χ1) is 18.2. The quantitative estimate of drug-likeness (QED) is 0.359. The van der Waals surface area contributed by atoms with Gasteiger partial charge in [0.25, 0.3) is 0 Å². The van der Waals surface area contributed by atoms with Gasteiger partial charge < -0.3 is 5.32 Å². The van der Waals surface area contributed by atoms with E-state index in [1.54, 1.807) is 5.57 Å². The van der Waals surface area contributed by atoms with Crippen molar-refractivity contribution in [3.05, 3.63) is 11.6 Å². The molecule has 0 aromatic rings. The lowest BCUT2D eigenvalue weighted by Gasteiger charge is -2.70. The van der Waals surface area contributed by atoms with Crippen molar-refractivity contribution < 1.29 is 9.59 Å². The van der Waals surface area contributed by atoms with Gasteiger partial charge >= 0.3 is 0 Å². The number of Topliss-reactive ketones (excluding diaryl/α,β-unsaturated/α-hetero) is 1. The summed E-state index contributed by atoms with van der Waals surface area (Å²) in [6.45, 7) is 17.2. The van der Waals surface area contributed by atoms with Gasteiger partial charge in [-0.15, -0.1) is 0 Å². The first-order valence-electron chi connectivity index (χ1n) is 16.7. The van der Waals surface area contributed by atoms with E-state index >= 15 is 0 Å². The molecule has 6 rings (SSSR count). The maximum atomic E-state index is 14.3. The molecular formula is C36H57NO2. The van der Waals surface area contributed by atoms with E-state index in [1.165, 1.54) is 32.1 Å². The molecule has 3 heteroatoms. The maximum Gasteiger partial charge on any atom is 0.227 e. The van der Waals surface area contributed by atoms with Crippen molar-refractivity contribution in [3.8, 4) is 0 Å². The Labute approximate surface area is 239 Å². The van der Waals surface area contributed by atoms with Crippen molar-refractivity contribution in [2.24, 2.45) is 50.2 Å². The Kier molecular flexibility index (Phi) is 6.42.